The van der Waals surface area contributed by atoms with Gasteiger partial charge in [-0.05, 0) is 59.9 Å². The molecule has 168 valence electrons. The third kappa shape index (κ3) is 4.62. The Labute approximate surface area is 201 Å². The fourth-order valence-electron chi connectivity index (χ4n) is 4.42. The van der Waals surface area contributed by atoms with E-state index in [1.165, 1.54) is 11.1 Å². The molecule has 4 heterocycles. The number of Topliss-reactive ketones (excluding diaryl/α,β-unsaturated/α-hetero) is 1. The number of hydrogen-bond acceptors (Lipinski definition) is 6. The molecule has 0 radical (unpaired) electrons. The van der Waals surface area contributed by atoms with Gasteiger partial charge in [-0.2, -0.15) is 5.10 Å². The highest BCUT2D eigenvalue weighted by Gasteiger charge is 2.34. The zero-order valence-corrected chi connectivity index (χ0v) is 20.0. The normalized spacial score (nSPS) is 15.4. The summed E-state index contributed by atoms with van der Waals surface area (Å²) in [6.45, 7) is 5.93. The number of carbonyl (C=O) groups excluding carboxylic acids is 1. The molecule has 0 spiro atoms. The second-order valence-corrected chi connectivity index (χ2v) is 10.1. The van der Waals surface area contributed by atoms with Crippen LogP contribution in [0.3, 0.4) is 0 Å². The summed E-state index contributed by atoms with van der Waals surface area (Å²) in [5, 5.41) is 7.87. The summed E-state index contributed by atoms with van der Waals surface area (Å²) in [6.07, 6.45) is 3.65. The third-order valence-corrected chi connectivity index (χ3v) is 7.32. The molecule has 1 aliphatic rings. The highest BCUT2D eigenvalue weighted by molar-refractivity contribution is 7.19. The van der Waals surface area contributed by atoms with E-state index in [2.05, 4.69) is 50.2 Å². The van der Waals surface area contributed by atoms with Crippen LogP contribution in [0, 0.1) is 5.92 Å². The second-order valence-electron chi connectivity index (χ2n) is 8.66. The Morgan fingerprint density at radius 3 is 2.67 bits per heavy atom. The van der Waals surface area contributed by atoms with Gasteiger partial charge in [-0.1, -0.05) is 30.7 Å². The summed E-state index contributed by atoms with van der Waals surface area (Å²) >= 11 is 7.87. The molecule has 1 fully saturated rings. The smallest absolute Gasteiger partial charge is 0.165 e. The molecule has 3 aromatic heterocycles. The van der Waals surface area contributed by atoms with Gasteiger partial charge in [-0.25, -0.2) is 4.98 Å². The van der Waals surface area contributed by atoms with Crippen LogP contribution >= 0.6 is 22.9 Å². The lowest BCUT2D eigenvalue weighted by atomic mass is 9.90. The van der Waals surface area contributed by atoms with Crippen molar-refractivity contribution in [1.82, 2.24) is 25.1 Å². The van der Waals surface area contributed by atoms with Gasteiger partial charge in [0.2, 0.25) is 0 Å². The Balaban J connectivity index is 1.63. The zero-order valence-electron chi connectivity index (χ0n) is 18.5. The van der Waals surface area contributed by atoms with Crippen molar-refractivity contribution in [1.29, 1.82) is 0 Å². The van der Waals surface area contributed by atoms with Gasteiger partial charge in [-0.15, -0.1) is 11.3 Å². The summed E-state index contributed by atoms with van der Waals surface area (Å²) in [7, 11) is 0. The lowest BCUT2D eigenvalue weighted by Gasteiger charge is -2.43. The number of H-pyrrole nitrogens is 1. The van der Waals surface area contributed by atoms with Crippen LogP contribution in [0.1, 0.15) is 36.7 Å². The van der Waals surface area contributed by atoms with Crippen molar-refractivity contribution < 1.29 is 4.79 Å². The van der Waals surface area contributed by atoms with Gasteiger partial charge in [0.15, 0.2) is 5.82 Å². The van der Waals surface area contributed by atoms with Gasteiger partial charge < -0.3 is 0 Å². The number of halogens is 1. The fraction of sp³-hybridized carbons (Fsp3) is 0.280. The van der Waals surface area contributed by atoms with Crippen molar-refractivity contribution in [3.8, 4) is 21.1 Å². The minimum absolute atomic E-state index is 0.0853. The van der Waals surface area contributed by atoms with Crippen LogP contribution in [0.2, 0.25) is 5.02 Å². The van der Waals surface area contributed by atoms with E-state index in [1.807, 2.05) is 24.3 Å². The summed E-state index contributed by atoms with van der Waals surface area (Å²) < 4.78 is 0. The summed E-state index contributed by atoms with van der Waals surface area (Å²) in [5.74, 6) is 1.52. The molecule has 0 saturated carbocycles. The van der Waals surface area contributed by atoms with E-state index in [0.29, 0.717) is 12.3 Å². The van der Waals surface area contributed by atoms with Gasteiger partial charge in [-0.3, -0.25) is 19.8 Å². The SMILES string of the molecule is CC(=O)Cc1cc(-c2cc(C(c3ccc(Cl)cc3)N3CC(C)C3)c(-c3ncn[nH]3)s2)ccn1. The molecule has 0 amide bonds. The van der Waals surface area contributed by atoms with Crippen LogP contribution in [-0.2, 0) is 11.2 Å². The van der Waals surface area contributed by atoms with Crippen molar-refractivity contribution in [2.24, 2.45) is 5.92 Å². The van der Waals surface area contributed by atoms with Gasteiger partial charge in [0.25, 0.3) is 0 Å². The molecular weight excluding hydrogens is 454 g/mol. The number of pyridine rings is 1. The van der Waals surface area contributed by atoms with E-state index < -0.39 is 0 Å². The largest absolute Gasteiger partial charge is 0.300 e. The maximum atomic E-state index is 11.6. The van der Waals surface area contributed by atoms with Crippen LogP contribution in [0.5, 0.6) is 0 Å². The first-order chi connectivity index (χ1) is 16.0. The first kappa shape index (κ1) is 21.9. The maximum Gasteiger partial charge on any atom is 0.165 e. The molecular formula is C25H24ClN5OS. The number of nitrogens with one attached hydrogen (secondary N) is 1. The van der Waals surface area contributed by atoms with Gasteiger partial charge in [0, 0.05) is 41.3 Å². The predicted molar refractivity (Wildman–Crippen MR) is 131 cm³/mol. The first-order valence-corrected chi connectivity index (χ1v) is 12.1. The Morgan fingerprint density at radius 2 is 2.00 bits per heavy atom. The fourth-order valence-corrected chi connectivity index (χ4v) is 5.68. The van der Waals surface area contributed by atoms with Gasteiger partial charge in [0.05, 0.1) is 10.9 Å². The summed E-state index contributed by atoms with van der Waals surface area (Å²) in [6, 6.07) is 14.4. The van der Waals surface area contributed by atoms with Crippen LogP contribution in [0.4, 0.5) is 0 Å². The number of carbonyl (C=O) groups is 1. The Bertz CT molecular complexity index is 1260. The van der Waals surface area contributed by atoms with E-state index in [9.17, 15) is 4.79 Å². The summed E-state index contributed by atoms with van der Waals surface area (Å²) in [4.78, 5) is 25.1. The predicted octanol–water partition coefficient (Wildman–Crippen LogP) is 5.42. The second kappa shape index (κ2) is 9.17. The van der Waals surface area contributed by atoms with Crippen LogP contribution in [0.25, 0.3) is 21.1 Å². The molecule has 1 N–H and O–H groups in total. The average Bonchev–Trinajstić information content (AvgIpc) is 3.44. The van der Waals surface area contributed by atoms with Crippen LogP contribution in [0.15, 0.2) is 55.0 Å². The molecule has 1 saturated heterocycles. The van der Waals surface area contributed by atoms with E-state index in [0.717, 1.165) is 44.9 Å². The van der Waals surface area contributed by atoms with E-state index in [4.69, 9.17) is 11.6 Å². The monoisotopic (exact) mass is 477 g/mol. The van der Waals surface area contributed by atoms with Crippen LogP contribution in [-0.4, -0.2) is 43.9 Å². The number of aromatic nitrogens is 4. The molecule has 1 aliphatic heterocycles. The molecule has 0 bridgehead atoms. The molecule has 6 nitrogen and oxygen atoms in total. The van der Waals surface area contributed by atoms with E-state index >= 15 is 0 Å². The number of aromatic amines is 1. The first-order valence-electron chi connectivity index (χ1n) is 10.9. The number of rotatable bonds is 7. The molecule has 5 rings (SSSR count). The molecule has 8 heteroatoms. The highest BCUT2D eigenvalue weighted by Crippen LogP contribution is 2.45. The quantitative estimate of drug-likeness (QED) is 0.384. The van der Waals surface area contributed by atoms with Gasteiger partial charge in [0.1, 0.15) is 12.1 Å². The van der Waals surface area contributed by atoms with Crippen molar-refractivity contribution in [2.45, 2.75) is 26.3 Å². The molecule has 1 atom stereocenters. The van der Waals surface area contributed by atoms with Crippen molar-refractivity contribution in [3.63, 3.8) is 0 Å². The molecule has 1 unspecified atom stereocenters. The minimum atomic E-state index is 0.0853. The lowest BCUT2D eigenvalue weighted by molar-refractivity contribution is -0.116. The van der Waals surface area contributed by atoms with E-state index in [1.54, 1.807) is 30.8 Å². The Morgan fingerprint density at radius 1 is 1.21 bits per heavy atom. The number of nitrogens with zero attached hydrogens (tertiary/aromatic N) is 4. The molecule has 1 aromatic carbocycles. The van der Waals surface area contributed by atoms with Gasteiger partial charge >= 0.3 is 0 Å². The van der Waals surface area contributed by atoms with Crippen molar-refractivity contribution >= 4 is 28.7 Å². The third-order valence-electron chi connectivity index (χ3n) is 5.86. The Kier molecular flexibility index (Phi) is 6.10. The number of thiophene rings is 1. The maximum absolute atomic E-state index is 11.6. The molecule has 33 heavy (non-hydrogen) atoms. The Hall–Kier alpha value is -2.87. The number of benzene rings is 1. The lowest BCUT2D eigenvalue weighted by Crippen LogP contribution is -2.47. The van der Waals surface area contributed by atoms with Crippen molar-refractivity contribution in [3.05, 3.63) is 76.8 Å². The van der Waals surface area contributed by atoms with Crippen LogP contribution < -0.4 is 0 Å². The number of likely N-dealkylation sites (tertiary alicyclic amines) is 1. The summed E-state index contributed by atoms with van der Waals surface area (Å²) in [5.41, 5.74) is 4.21. The topological polar surface area (TPSA) is 74.8 Å². The number of hydrogen-bond donors (Lipinski definition) is 1. The minimum Gasteiger partial charge on any atom is -0.300 e. The molecule has 0 aliphatic carbocycles. The number of ketones is 1. The standard InChI is InChI=1S/C25H24ClN5OS/c1-15-12-31(13-15)23(17-3-5-19(26)6-4-17)21-11-22(33-24(21)25-28-14-29-30-25)18-7-8-27-20(10-18)9-16(2)32/h3-8,10-11,14-15,23H,9,12-13H2,1-2H3,(H,28,29,30). The zero-order chi connectivity index (χ0) is 22.9. The highest BCUT2D eigenvalue weighted by atomic mass is 35.5. The molecule has 4 aromatic rings. The van der Waals surface area contributed by atoms with E-state index in [-0.39, 0.29) is 11.8 Å². The van der Waals surface area contributed by atoms with Crippen molar-refractivity contribution in [2.75, 3.05) is 13.1 Å². The average molecular weight is 478 g/mol.